The summed E-state index contributed by atoms with van der Waals surface area (Å²) in [6, 6.07) is 35.1. The number of hydrogen-bond acceptors (Lipinski definition) is 1. The number of rotatable bonds is 2. The average Bonchev–Trinajstić information content (AvgIpc) is 2.82. The molecule has 6 aromatic rings. The van der Waals surface area contributed by atoms with Gasteiger partial charge in [0.25, 0.3) is 0 Å². The molecule has 0 N–H and O–H groups in total. The van der Waals surface area contributed by atoms with Crippen LogP contribution in [0, 0.1) is 0 Å². The van der Waals surface area contributed by atoms with Crippen LogP contribution in [0.25, 0.3) is 54.5 Å². The second kappa shape index (κ2) is 6.92. The fourth-order valence-corrected chi connectivity index (χ4v) is 4.74. The van der Waals surface area contributed by atoms with E-state index in [1.807, 2.05) is 0 Å². The van der Waals surface area contributed by atoms with Crippen LogP contribution in [0.5, 0.6) is 0 Å². The van der Waals surface area contributed by atoms with Gasteiger partial charge in [0.2, 0.25) is 0 Å². The van der Waals surface area contributed by atoms with Crippen LogP contribution in [0.1, 0.15) is 25.3 Å². The molecule has 1 heterocycles. The first-order valence-corrected chi connectivity index (χ1v) is 10.9. The first kappa shape index (κ1) is 18.1. The molecule has 0 fully saturated rings. The molecule has 0 atom stereocenters. The largest absolute Gasteiger partial charge is 0.248 e. The Balaban J connectivity index is 1.60. The van der Waals surface area contributed by atoms with Crippen LogP contribution >= 0.6 is 0 Å². The van der Waals surface area contributed by atoms with Crippen molar-refractivity contribution in [3.05, 3.63) is 103 Å². The van der Waals surface area contributed by atoms with Crippen LogP contribution < -0.4 is 0 Å². The summed E-state index contributed by atoms with van der Waals surface area (Å²) in [5, 5.41) is 8.82. The Labute approximate surface area is 182 Å². The molecule has 148 valence electrons. The minimum Gasteiger partial charge on any atom is -0.248 e. The molecule has 0 amide bonds. The van der Waals surface area contributed by atoms with Gasteiger partial charge >= 0.3 is 0 Å². The van der Waals surface area contributed by atoms with E-state index in [1.165, 1.54) is 48.8 Å². The van der Waals surface area contributed by atoms with Crippen molar-refractivity contribution in [2.45, 2.75) is 19.8 Å². The molecule has 0 aliphatic rings. The number of aromatic nitrogens is 1. The second-order valence-electron chi connectivity index (χ2n) is 8.65. The molecule has 5 aromatic carbocycles. The number of nitrogens with zero attached hydrogens (tertiary/aromatic N) is 1. The third kappa shape index (κ3) is 2.89. The highest BCUT2D eigenvalue weighted by molar-refractivity contribution is 6.14. The molecule has 0 bridgehead atoms. The summed E-state index contributed by atoms with van der Waals surface area (Å²) >= 11 is 0. The first-order chi connectivity index (χ1) is 15.2. The van der Waals surface area contributed by atoms with Crippen molar-refractivity contribution in [2.75, 3.05) is 0 Å². The zero-order chi connectivity index (χ0) is 20.9. The van der Waals surface area contributed by atoms with Crippen LogP contribution in [0.3, 0.4) is 0 Å². The molecular weight excluding hydrogens is 374 g/mol. The second-order valence-corrected chi connectivity index (χ2v) is 8.65. The highest BCUT2D eigenvalue weighted by Crippen LogP contribution is 2.35. The van der Waals surface area contributed by atoms with Crippen LogP contribution in [0.2, 0.25) is 0 Å². The fraction of sp³-hybridized carbons (Fsp3) is 0.100. The lowest BCUT2D eigenvalue weighted by Crippen LogP contribution is -1.90. The number of benzene rings is 5. The zero-order valence-corrected chi connectivity index (χ0v) is 17.8. The van der Waals surface area contributed by atoms with E-state index in [9.17, 15) is 0 Å². The van der Waals surface area contributed by atoms with Gasteiger partial charge in [0.1, 0.15) is 0 Å². The summed E-state index contributed by atoms with van der Waals surface area (Å²) in [6.07, 6.45) is 0. The third-order valence-corrected chi connectivity index (χ3v) is 6.42. The van der Waals surface area contributed by atoms with Crippen LogP contribution in [-0.2, 0) is 0 Å². The molecule has 0 spiro atoms. The van der Waals surface area contributed by atoms with Gasteiger partial charge in [-0.15, -0.1) is 0 Å². The van der Waals surface area contributed by atoms with E-state index in [-0.39, 0.29) is 0 Å². The van der Waals surface area contributed by atoms with Gasteiger partial charge in [-0.25, -0.2) is 4.98 Å². The topological polar surface area (TPSA) is 12.9 Å². The van der Waals surface area contributed by atoms with Gasteiger partial charge in [-0.1, -0.05) is 92.7 Å². The quantitative estimate of drug-likeness (QED) is 0.267. The maximum atomic E-state index is 5.11. The van der Waals surface area contributed by atoms with Gasteiger partial charge in [0, 0.05) is 10.9 Å². The minimum atomic E-state index is 0.529. The molecule has 31 heavy (non-hydrogen) atoms. The van der Waals surface area contributed by atoms with E-state index >= 15 is 0 Å². The van der Waals surface area contributed by atoms with Crippen LogP contribution in [0.4, 0.5) is 0 Å². The predicted octanol–water partition coefficient (Wildman–Crippen LogP) is 8.48. The monoisotopic (exact) mass is 397 g/mol. The lowest BCUT2D eigenvalue weighted by atomic mass is 9.94. The molecular formula is C30H23N. The normalized spacial score (nSPS) is 11.8. The Morgan fingerprint density at radius 1 is 0.548 bits per heavy atom. The minimum absolute atomic E-state index is 0.529. The van der Waals surface area contributed by atoms with Gasteiger partial charge in [-0.05, 0) is 62.0 Å². The molecule has 0 unspecified atom stereocenters. The number of fused-ring (bicyclic) bond motifs is 6. The molecule has 1 heteroatoms. The lowest BCUT2D eigenvalue weighted by Gasteiger charge is -2.12. The standard InChI is InChI=1S/C30H23N/c1-19(2)20-11-13-24-22(17-20)12-15-29-27(24)14-16-30(31-29)28-18-21-7-3-4-8-23(21)25-9-5-6-10-26(25)28/h3-19H,1-2H3. The van der Waals surface area contributed by atoms with E-state index < -0.39 is 0 Å². The Kier molecular flexibility index (Phi) is 4.04. The van der Waals surface area contributed by atoms with E-state index in [4.69, 9.17) is 4.98 Å². The number of pyridine rings is 1. The highest BCUT2D eigenvalue weighted by atomic mass is 14.7. The molecule has 0 aliphatic heterocycles. The molecule has 1 aromatic heterocycles. The van der Waals surface area contributed by atoms with Crippen LogP contribution in [0.15, 0.2) is 97.1 Å². The molecule has 0 aliphatic carbocycles. The maximum absolute atomic E-state index is 5.11. The maximum Gasteiger partial charge on any atom is 0.0716 e. The molecule has 0 saturated heterocycles. The summed E-state index contributed by atoms with van der Waals surface area (Å²) < 4.78 is 0. The smallest absolute Gasteiger partial charge is 0.0716 e. The van der Waals surface area contributed by atoms with Gasteiger partial charge in [0.05, 0.1) is 11.2 Å². The Bertz CT molecular complexity index is 1610. The van der Waals surface area contributed by atoms with E-state index in [2.05, 4.69) is 111 Å². The summed E-state index contributed by atoms with van der Waals surface area (Å²) in [4.78, 5) is 5.11. The lowest BCUT2D eigenvalue weighted by molar-refractivity contribution is 0.869. The molecule has 0 saturated carbocycles. The third-order valence-electron chi connectivity index (χ3n) is 6.42. The van der Waals surface area contributed by atoms with Crippen molar-refractivity contribution in [1.29, 1.82) is 0 Å². The zero-order valence-electron chi connectivity index (χ0n) is 17.8. The first-order valence-electron chi connectivity index (χ1n) is 10.9. The Morgan fingerprint density at radius 2 is 1.23 bits per heavy atom. The van der Waals surface area contributed by atoms with Crippen molar-refractivity contribution < 1.29 is 0 Å². The molecule has 6 rings (SSSR count). The van der Waals surface area contributed by atoms with E-state index in [1.54, 1.807) is 0 Å². The van der Waals surface area contributed by atoms with E-state index in [0.29, 0.717) is 5.92 Å². The van der Waals surface area contributed by atoms with Crippen molar-refractivity contribution in [3.8, 4) is 11.3 Å². The van der Waals surface area contributed by atoms with Crippen molar-refractivity contribution in [1.82, 2.24) is 4.98 Å². The molecule has 1 nitrogen and oxygen atoms in total. The van der Waals surface area contributed by atoms with Crippen molar-refractivity contribution >= 4 is 43.2 Å². The van der Waals surface area contributed by atoms with Crippen LogP contribution in [-0.4, -0.2) is 4.98 Å². The summed E-state index contributed by atoms with van der Waals surface area (Å²) in [5.41, 5.74) is 4.62. The Hall–Kier alpha value is -3.71. The summed E-state index contributed by atoms with van der Waals surface area (Å²) in [7, 11) is 0. The van der Waals surface area contributed by atoms with Crippen molar-refractivity contribution in [2.24, 2.45) is 0 Å². The summed E-state index contributed by atoms with van der Waals surface area (Å²) in [5.74, 6) is 0.529. The average molecular weight is 398 g/mol. The SMILES string of the molecule is CC(C)c1ccc2c(ccc3nc(-c4cc5ccccc5c5ccccc45)ccc32)c1. The summed E-state index contributed by atoms with van der Waals surface area (Å²) in [6.45, 7) is 4.48. The van der Waals surface area contributed by atoms with Crippen molar-refractivity contribution in [3.63, 3.8) is 0 Å². The number of hydrogen-bond donors (Lipinski definition) is 0. The van der Waals surface area contributed by atoms with E-state index in [0.717, 1.165) is 11.2 Å². The predicted molar refractivity (Wildman–Crippen MR) is 134 cm³/mol. The highest BCUT2D eigenvalue weighted by Gasteiger charge is 2.11. The van der Waals surface area contributed by atoms with Gasteiger partial charge in [-0.2, -0.15) is 0 Å². The molecule has 0 radical (unpaired) electrons. The fourth-order valence-electron chi connectivity index (χ4n) is 4.74. The van der Waals surface area contributed by atoms with Gasteiger partial charge in [0.15, 0.2) is 0 Å². The van der Waals surface area contributed by atoms with Gasteiger partial charge in [-0.3, -0.25) is 0 Å². The van der Waals surface area contributed by atoms with Gasteiger partial charge < -0.3 is 0 Å². The Morgan fingerprint density at radius 3 is 2.06 bits per heavy atom.